The molecule has 3 aromatic rings. The third-order valence-electron chi connectivity index (χ3n) is 4.28. The lowest BCUT2D eigenvalue weighted by Gasteiger charge is -2.17. The van der Waals surface area contributed by atoms with Gasteiger partial charge in [0, 0.05) is 11.1 Å². The normalized spacial score (nSPS) is 12.0. The molecular weight excluding hydrogens is 298 g/mol. The van der Waals surface area contributed by atoms with Crippen molar-refractivity contribution < 1.29 is 9.53 Å². The fourth-order valence-corrected chi connectivity index (χ4v) is 2.66. The zero-order chi connectivity index (χ0) is 17.1. The molecule has 122 valence electrons. The summed E-state index contributed by atoms with van der Waals surface area (Å²) in [6.07, 6.45) is -0.579. The lowest BCUT2D eigenvalue weighted by molar-refractivity contribution is -0.122. The zero-order valence-corrected chi connectivity index (χ0v) is 14.2. The maximum Gasteiger partial charge on any atom is 0.265 e. The second-order valence-corrected chi connectivity index (χ2v) is 5.97. The first kappa shape index (κ1) is 16.1. The highest BCUT2D eigenvalue weighted by Crippen LogP contribution is 2.24. The minimum atomic E-state index is -0.579. The molecule has 0 saturated carbocycles. The van der Waals surface area contributed by atoms with Crippen LogP contribution in [0.2, 0.25) is 0 Å². The van der Waals surface area contributed by atoms with Gasteiger partial charge in [0.2, 0.25) is 0 Å². The highest BCUT2D eigenvalue weighted by molar-refractivity contribution is 6.03. The Balaban J connectivity index is 1.77. The predicted octanol–water partition coefficient (Wildman–Crippen LogP) is 4.86. The molecule has 0 aliphatic heterocycles. The van der Waals surface area contributed by atoms with Crippen molar-refractivity contribution in [2.45, 2.75) is 26.9 Å². The first-order valence-corrected chi connectivity index (χ1v) is 8.08. The third-order valence-corrected chi connectivity index (χ3v) is 4.28. The van der Waals surface area contributed by atoms with Crippen molar-refractivity contribution in [2.24, 2.45) is 0 Å². The van der Waals surface area contributed by atoms with Gasteiger partial charge in [-0.15, -0.1) is 0 Å². The fourth-order valence-electron chi connectivity index (χ4n) is 2.66. The molecule has 24 heavy (non-hydrogen) atoms. The number of carbonyl (C=O) groups excluding carboxylic acids is 1. The van der Waals surface area contributed by atoms with E-state index in [1.807, 2.05) is 74.5 Å². The number of hydrogen-bond acceptors (Lipinski definition) is 2. The van der Waals surface area contributed by atoms with Crippen LogP contribution in [-0.4, -0.2) is 12.0 Å². The molecule has 3 nitrogen and oxygen atoms in total. The molecule has 3 heteroatoms. The fraction of sp³-hybridized carbons (Fsp3) is 0.190. The predicted molar refractivity (Wildman–Crippen MR) is 98.6 cm³/mol. The Labute approximate surface area is 142 Å². The lowest BCUT2D eigenvalue weighted by Crippen LogP contribution is -2.30. The van der Waals surface area contributed by atoms with E-state index in [9.17, 15) is 4.79 Å². The van der Waals surface area contributed by atoms with Gasteiger partial charge in [-0.3, -0.25) is 4.79 Å². The van der Waals surface area contributed by atoms with Crippen LogP contribution in [0.3, 0.4) is 0 Å². The van der Waals surface area contributed by atoms with Crippen LogP contribution in [0, 0.1) is 13.8 Å². The van der Waals surface area contributed by atoms with Crippen molar-refractivity contribution >= 4 is 22.4 Å². The first-order valence-electron chi connectivity index (χ1n) is 8.08. The summed E-state index contributed by atoms with van der Waals surface area (Å²) in [6.45, 7) is 5.80. The summed E-state index contributed by atoms with van der Waals surface area (Å²) in [5.74, 6) is 0.586. The van der Waals surface area contributed by atoms with Crippen LogP contribution in [0.4, 0.5) is 5.69 Å². The summed E-state index contributed by atoms with van der Waals surface area (Å²) in [6, 6.07) is 19.7. The Hall–Kier alpha value is -2.81. The quantitative estimate of drug-likeness (QED) is 0.745. The van der Waals surface area contributed by atoms with Gasteiger partial charge in [0.05, 0.1) is 0 Å². The molecule has 0 radical (unpaired) electrons. The van der Waals surface area contributed by atoms with Crippen molar-refractivity contribution in [3.05, 3.63) is 71.8 Å². The summed E-state index contributed by atoms with van der Waals surface area (Å²) >= 11 is 0. The molecule has 0 saturated heterocycles. The Morgan fingerprint density at radius 1 is 0.958 bits per heavy atom. The monoisotopic (exact) mass is 319 g/mol. The van der Waals surface area contributed by atoms with Gasteiger partial charge in [-0.05, 0) is 49.4 Å². The van der Waals surface area contributed by atoms with Gasteiger partial charge in [0.15, 0.2) is 6.10 Å². The van der Waals surface area contributed by atoms with E-state index in [2.05, 4.69) is 5.32 Å². The molecule has 0 aliphatic rings. The number of aryl methyl sites for hydroxylation is 1. The summed E-state index contributed by atoms with van der Waals surface area (Å²) in [4.78, 5) is 12.5. The smallest absolute Gasteiger partial charge is 0.265 e. The van der Waals surface area contributed by atoms with E-state index in [0.717, 1.165) is 33.3 Å². The first-order chi connectivity index (χ1) is 11.6. The van der Waals surface area contributed by atoms with E-state index in [1.54, 1.807) is 6.92 Å². The molecule has 0 heterocycles. The number of benzene rings is 3. The zero-order valence-electron chi connectivity index (χ0n) is 14.2. The van der Waals surface area contributed by atoms with Gasteiger partial charge in [-0.2, -0.15) is 0 Å². The van der Waals surface area contributed by atoms with Crippen LogP contribution in [0.15, 0.2) is 60.7 Å². The van der Waals surface area contributed by atoms with Crippen molar-refractivity contribution in [3.63, 3.8) is 0 Å². The van der Waals surface area contributed by atoms with E-state index in [4.69, 9.17) is 4.74 Å². The summed E-state index contributed by atoms with van der Waals surface area (Å²) in [7, 11) is 0. The van der Waals surface area contributed by atoms with E-state index >= 15 is 0 Å². The topological polar surface area (TPSA) is 38.3 Å². The summed E-state index contributed by atoms with van der Waals surface area (Å²) in [5.41, 5.74) is 3.01. The van der Waals surface area contributed by atoms with Crippen molar-refractivity contribution in [2.75, 3.05) is 5.32 Å². The lowest BCUT2D eigenvalue weighted by atomic mass is 10.1. The van der Waals surface area contributed by atoms with E-state index in [1.165, 1.54) is 0 Å². The van der Waals surface area contributed by atoms with Crippen LogP contribution >= 0.6 is 0 Å². The highest BCUT2D eigenvalue weighted by Gasteiger charge is 2.17. The summed E-state index contributed by atoms with van der Waals surface area (Å²) < 4.78 is 5.86. The minimum absolute atomic E-state index is 0.160. The molecule has 3 rings (SSSR count). The van der Waals surface area contributed by atoms with Crippen LogP contribution in [-0.2, 0) is 4.79 Å². The van der Waals surface area contributed by atoms with Gasteiger partial charge >= 0.3 is 0 Å². The van der Waals surface area contributed by atoms with Crippen LogP contribution in [0.1, 0.15) is 18.1 Å². The van der Waals surface area contributed by atoms with Crippen LogP contribution in [0.25, 0.3) is 10.8 Å². The summed E-state index contributed by atoms with van der Waals surface area (Å²) in [5, 5.41) is 5.09. The molecule has 0 aliphatic carbocycles. The number of carbonyl (C=O) groups is 1. The Morgan fingerprint density at radius 2 is 1.67 bits per heavy atom. The van der Waals surface area contributed by atoms with Crippen LogP contribution < -0.4 is 10.1 Å². The molecule has 0 aromatic heterocycles. The number of ether oxygens (including phenoxy) is 1. The average Bonchev–Trinajstić information content (AvgIpc) is 2.59. The van der Waals surface area contributed by atoms with Gasteiger partial charge < -0.3 is 10.1 Å². The number of amides is 1. The van der Waals surface area contributed by atoms with Gasteiger partial charge in [0.1, 0.15) is 5.75 Å². The average molecular weight is 319 g/mol. The number of fused-ring (bicyclic) bond motifs is 1. The Bertz CT molecular complexity index is 881. The second kappa shape index (κ2) is 6.75. The number of rotatable bonds is 4. The molecule has 0 spiro atoms. The molecular formula is C21H21NO2. The Morgan fingerprint density at radius 3 is 2.50 bits per heavy atom. The maximum atomic E-state index is 12.5. The highest BCUT2D eigenvalue weighted by atomic mass is 16.5. The molecule has 1 N–H and O–H groups in total. The maximum absolute atomic E-state index is 12.5. The Kier molecular flexibility index (Phi) is 4.52. The van der Waals surface area contributed by atoms with Crippen molar-refractivity contribution in [1.29, 1.82) is 0 Å². The third kappa shape index (κ3) is 3.25. The second-order valence-electron chi connectivity index (χ2n) is 5.97. The number of nitrogens with one attached hydrogen (secondary N) is 1. The molecule has 1 amide bonds. The molecule has 3 aromatic carbocycles. The molecule has 0 bridgehead atoms. The largest absolute Gasteiger partial charge is 0.481 e. The van der Waals surface area contributed by atoms with Crippen molar-refractivity contribution in [3.8, 4) is 5.75 Å². The molecule has 1 atom stereocenters. The molecule has 0 fully saturated rings. The SMILES string of the molecule is Cc1cccc(OC(C)C(=O)Nc2cccc3ccccc23)c1C. The van der Waals surface area contributed by atoms with E-state index in [-0.39, 0.29) is 5.91 Å². The van der Waals surface area contributed by atoms with E-state index in [0.29, 0.717) is 0 Å². The minimum Gasteiger partial charge on any atom is -0.481 e. The number of anilines is 1. The van der Waals surface area contributed by atoms with Crippen LogP contribution in [0.5, 0.6) is 5.75 Å². The number of hydrogen-bond donors (Lipinski definition) is 1. The standard InChI is InChI=1S/C21H21NO2/c1-14-8-6-13-20(15(14)2)24-16(3)21(23)22-19-12-7-10-17-9-4-5-11-18(17)19/h4-13,16H,1-3H3,(H,22,23). The molecule has 1 unspecified atom stereocenters. The van der Waals surface area contributed by atoms with Gasteiger partial charge in [-0.1, -0.05) is 48.5 Å². The van der Waals surface area contributed by atoms with Crippen molar-refractivity contribution in [1.82, 2.24) is 0 Å². The van der Waals surface area contributed by atoms with E-state index < -0.39 is 6.10 Å². The van der Waals surface area contributed by atoms with Gasteiger partial charge in [0.25, 0.3) is 5.91 Å². The van der Waals surface area contributed by atoms with Gasteiger partial charge in [-0.25, -0.2) is 0 Å².